The van der Waals surface area contributed by atoms with Gasteiger partial charge in [0.1, 0.15) is 0 Å². The number of hydrogen-bond acceptors (Lipinski definition) is 3. The Balaban J connectivity index is 2.23. The smallest absolute Gasteiger partial charge is 0.242 e. The second-order valence-corrected chi connectivity index (χ2v) is 7.57. The highest BCUT2D eigenvalue weighted by Crippen LogP contribution is 2.29. The molecule has 1 aromatic rings. The van der Waals surface area contributed by atoms with Crippen LogP contribution in [0.4, 0.5) is 0 Å². The van der Waals surface area contributed by atoms with E-state index in [1.54, 1.807) is 25.2 Å². The van der Waals surface area contributed by atoms with E-state index in [4.69, 9.17) is 0 Å². The zero-order valence-electron chi connectivity index (χ0n) is 12.2. The molecule has 0 saturated heterocycles. The summed E-state index contributed by atoms with van der Waals surface area (Å²) in [6.07, 6.45) is 4.24. The van der Waals surface area contributed by atoms with Crippen LogP contribution in [-0.2, 0) is 23.1 Å². The van der Waals surface area contributed by atoms with Crippen molar-refractivity contribution in [2.45, 2.75) is 44.1 Å². The lowest BCUT2D eigenvalue weighted by molar-refractivity contribution is 0.263. The second-order valence-electron chi connectivity index (χ2n) is 5.52. The van der Waals surface area contributed by atoms with Crippen molar-refractivity contribution in [2.75, 3.05) is 13.6 Å². The van der Waals surface area contributed by atoms with Crippen LogP contribution in [0, 0.1) is 5.92 Å². The van der Waals surface area contributed by atoms with Crippen molar-refractivity contribution in [3.05, 3.63) is 29.3 Å². The van der Waals surface area contributed by atoms with Gasteiger partial charge in [0, 0.05) is 13.6 Å². The molecule has 112 valence electrons. The van der Waals surface area contributed by atoms with E-state index in [9.17, 15) is 13.5 Å². The van der Waals surface area contributed by atoms with E-state index < -0.39 is 10.0 Å². The molecule has 1 saturated carbocycles. The van der Waals surface area contributed by atoms with Crippen LogP contribution in [0.3, 0.4) is 0 Å². The van der Waals surface area contributed by atoms with Crippen LogP contribution in [0.2, 0.25) is 0 Å². The first kappa shape index (κ1) is 15.5. The molecule has 0 aromatic heterocycles. The van der Waals surface area contributed by atoms with Gasteiger partial charge in [0.15, 0.2) is 0 Å². The first-order chi connectivity index (χ1) is 9.48. The Morgan fingerprint density at radius 1 is 1.30 bits per heavy atom. The van der Waals surface area contributed by atoms with Crippen molar-refractivity contribution in [1.82, 2.24) is 4.31 Å². The molecule has 0 unspecified atom stereocenters. The van der Waals surface area contributed by atoms with Gasteiger partial charge in [-0.05, 0) is 48.4 Å². The van der Waals surface area contributed by atoms with Gasteiger partial charge in [-0.1, -0.05) is 19.4 Å². The summed E-state index contributed by atoms with van der Waals surface area (Å²) in [4.78, 5) is 0.278. The molecule has 1 fully saturated rings. The van der Waals surface area contributed by atoms with E-state index >= 15 is 0 Å². The monoisotopic (exact) mass is 297 g/mol. The van der Waals surface area contributed by atoms with Gasteiger partial charge in [0.05, 0.1) is 11.5 Å². The summed E-state index contributed by atoms with van der Waals surface area (Å²) in [6.45, 7) is 2.45. The molecule has 0 amide bonds. The fraction of sp³-hybridized carbons (Fsp3) is 0.600. The average molecular weight is 297 g/mol. The minimum atomic E-state index is -3.45. The predicted molar refractivity (Wildman–Crippen MR) is 78.9 cm³/mol. The van der Waals surface area contributed by atoms with Crippen LogP contribution in [0.15, 0.2) is 23.1 Å². The van der Waals surface area contributed by atoms with Crippen molar-refractivity contribution >= 4 is 10.0 Å². The van der Waals surface area contributed by atoms with Crippen LogP contribution in [0.25, 0.3) is 0 Å². The summed E-state index contributed by atoms with van der Waals surface area (Å²) < 4.78 is 26.5. The number of benzene rings is 1. The molecule has 0 radical (unpaired) electrons. The maximum absolute atomic E-state index is 12.5. The highest BCUT2D eigenvalue weighted by atomic mass is 32.2. The van der Waals surface area contributed by atoms with Crippen molar-refractivity contribution in [2.24, 2.45) is 5.92 Å². The van der Waals surface area contributed by atoms with Gasteiger partial charge in [-0.15, -0.1) is 0 Å². The van der Waals surface area contributed by atoms with Crippen LogP contribution in [-0.4, -0.2) is 31.4 Å². The van der Waals surface area contributed by atoms with Crippen molar-refractivity contribution in [3.8, 4) is 0 Å². The molecule has 0 heterocycles. The Labute approximate surface area is 121 Å². The van der Waals surface area contributed by atoms with Gasteiger partial charge in [-0.25, -0.2) is 12.7 Å². The Kier molecular flexibility index (Phi) is 4.83. The lowest BCUT2D eigenvalue weighted by Crippen LogP contribution is -2.34. The molecule has 1 N–H and O–H groups in total. The van der Waals surface area contributed by atoms with Crippen molar-refractivity contribution < 1.29 is 13.5 Å². The quantitative estimate of drug-likeness (QED) is 0.875. The zero-order valence-corrected chi connectivity index (χ0v) is 13.0. The number of hydrogen-bond donors (Lipinski definition) is 1. The SMILES string of the molecule is CCc1ccc(S(=O)(=O)N(C)CC2CCC2)cc1CO. The summed E-state index contributed by atoms with van der Waals surface area (Å²) in [6, 6.07) is 5.05. The fourth-order valence-corrected chi connectivity index (χ4v) is 3.87. The maximum atomic E-state index is 12.5. The Morgan fingerprint density at radius 3 is 2.50 bits per heavy atom. The molecular weight excluding hydrogens is 274 g/mol. The minimum absolute atomic E-state index is 0.126. The summed E-state index contributed by atoms with van der Waals surface area (Å²) >= 11 is 0. The molecule has 0 spiro atoms. The van der Waals surface area contributed by atoms with Crippen molar-refractivity contribution in [3.63, 3.8) is 0 Å². The third kappa shape index (κ3) is 3.05. The van der Waals surface area contributed by atoms with Crippen LogP contribution >= 0.6 is 0 Å². The van der Waals surface area contributed by atoms with E-state index in [0.29, 0.717) is 18.0 Å². The molecule has 0 aliphatic heterocycles. The van der Waals surface area contributed by atoms with E-state index in [-0.39, 0.29) is 11.5 Å². The van der Waals surface area contributed by atoms with E-state index in [0.717, 1.165) is 24.8 Å². The standard InChI is InChI=1S/C15H23NO3S/c1-3-13-7-8-15(9-14(13)11-17)20(18,19)16(2)10-12-5-4-6-12/h7-9,12,17H,3-6,10-11H2,1-2H3. The number of rotatable bonds is 6. The fourth-order valence-electron chi connectivity index (χ4n) is 2.57. The van der Waals surface area contributed by atoms with Gasteiger partial charge in [-0.3, -0.25) is 0 Å². The van der Waals surface area contributed by atoms with E-state index in [1.807, 2.05) is 6.92 Å². The Morgan fingerprint density at radius 2 is 2.00 bits per heavy atom. The lowest BCUT2D eigenvalue weighted by atomic mass is 9.86. The van der Waals surface area contributed by atoms with Gasteiger partial charge in [0.25, 0.3) is 0 Å². The second kappa shape index (κ2) is 6.24. The van der Waals surface area contributed by atoms with Gasteiger partial charge >= 0.3 is 0 Å². The first-order valence-corrected chi connectivity index (χ1v) is 8.62. The molecule has 1 aromatic carbocycles. The van der Waals surface area contributed by atoms with E-state index in [2.05, 4.69) is 0 Å². The largest absolute Gasteiger partial charge is 0.392 e. The number of aliphatic hydroxyl groups is 1. The van der Waals surface area contributed by atoms with Gasteiger partial charge in [0.2, 0.25) is 10.0 Å². The number of aliphatic hydroxyl groups excluding tert-OH is 1. The minimum Gasteiger partial charge on any atom is -0.392 e. The van der Waals surface area contributed by atoms with Gasteiger partial charge < -0.3 is 5.11 Å². The molecule has 0 bridgehead atoms. The van der Waals surface area contributed by atoms with Crippen LogP contribution in [0.5, 0.6) is 0 Å². The third-order valence-electron chi connectivity index (χ3n) is 4.18. The number of aryl methyl sites for hydroxylation is 1. The maximum Gasteiger partial charge on any atom is 0.242 e. The molecule has 4 nitrogen and oxygen atoms in total. The summed E-state index contributed by atoms with van der Waals surface area (Å²) in [5.74, 6) is 0.502. The van der Waals surface area contributed by atoms with Gasteiger partial charge in [-0.2, -0.15) is 0 Å². The molecule has 20 heavy (non-hydrogen) atoms. The molecule has 1 aliphatic carbocycles. The lowest BCUT2D eigenvalue weighted by Gasteiger charge is -2.29. The van der Waals surface area contributed by atoms with Crippen LogP contribution < -0.4 is 0 Å². The Bertz CT molecular complexity index is 564. The van der Waals surface area contributed by atoms with Crippen molar-refractivity contribution in [1.29, 1.82) is 0 Å². The Hall–Kier alpha value is -0.910. The van der Waals surface area contributed by atoms with Crippen LogP contribution in [0.1, 0.15) is 37.3 Å². The zero-order chi connectivity index (χ0) is 14.8. The highest BCUT2D eigenvalue weighted by molar-refractivity contribution is 7.89. The number of sulfonamides is 1. The normalized spacial score (nSPS) is 16.4. The topological polar surface area (TPSA) is 57.6 Å². The highest BCUT2D eigenvalue weighted by Gasteiger charge is 2.27. The number of nitrogens with zero attached hydrogens (tertiary/aromatic N) is 1. The first-order valence-electron chi connectivity index (χ1n) is 7.18. The summed E-state index contributed by atoms with van der Waals surface area (Å²) in [5.41, 5.74) is 1.69. The summed E-state index contributed by atoms with van der Waals surface area (Å²) in [7, 11) is -1.81. The van der Waals surface area contributed by atoms with E-state index in [1.165, 1.54) is 10.7 Å². The third-order valence-corrected chi connectivity index (χ3v) is 6.00. The molecule has 1 aliphatic rings. The average Bonchev–Trinajstić information content (AvgIpc) is 2.41. The molecule has 0 atom stereocenters. The predicted octanol–water partition coefficient (Wildman–Crippen LogP) is 2.16. The molecular formula is C15H23NO3S. The molecule has 5 heteroatoms. The molecule has 2 rings (SSSR count). The summed E-state index contributed by atoms with van der Waals surface area (Å²) in [5, 5.41) is 9.36.